The Bertz CT molecular complexity index is 359. The van der Waals surface area contributed by atoms with Crippen LogP contribution in [0.3, 0.4) is 0 Å². The Morgan fingerprint density at radius 3 is 2.35 bits per heavy atom. The maximum atomic E-state index is 11.7. The molecular formula is C14H20ClNO. The van der Waals surface area contributed by atoms with E-state index in [0.29, 0.717) is 17.4 Å². The van der Waals surface area contributed by atoms with Crippen LogP contribution in [0.25, 0.3) is 0 Å². The second-order valence-corrected chi connectivity index (χ2v) is 5.21. The molecule has 0 saturated carbocycles. The van der Waals surface area contributed by atoms with Crippen molar-refractivity contribution in [2.24, 2.45) is 5.92 Å². The number of carbonyl (C=O) groups excluding carboxylic acids is 1. The van der Waals surface area contributed by atoms with Crippen molar-refractivity contribution >= 4 is 17.5 Å². The van der Waals surface area contributed by atoms with Gasteiger partial charge in [0.15, 0.2) is 0 Å². The van der Waals surface area contributed by atoms with E-state index in [1.807, 2.05) is 31.2 Å². The van der Waals surface area contributed by atoms with Crippen LogP contribution in [0.5, 0.6) is 0 Å². The smallest absolute Gasteiger partial charge is 0.220 e. The van der Waals surface area contributed by atoms with Crippen molar-refractivity contribution in [3.8, 4) is 0 Å². The average molecular weight is 254 g/mol. The normalized spacial score (nSPS) is 12.5. The van der Waals surface area contributed by atoms with Crippen LogP contribution in [0.15, 0.2) is 24.3 Å². The highest BCUT2D eigenvalue weighted by molar-refractivity contribution is 6.30. The summed E-state index contributed by atoms with van der Waals surface area (Å²) in [5.41, 5.74) is 1.08. The largest absolute Gasteiger partial charge is 0.350 e. The van der Waals surface area contributed by atoms with Crippen LogP contribution in [-0.2, 0) is 4.79 Å². The van der Waals surface area contributed by atoms with Gasteiger partial charge in [0.2, 0.25) is 5.91 Å². The summed E-state index contributed by atoms with van der Waals surface area (Å²) >= 11 is 5.82. The summed E-state index contributed by atoms with van der Waals surface area (Å²) in [7, 11) is 0. The third-order valence-electron chi connectivity index (χ3n) is 2.70. The maximum absolute atomic E-state index is 11.7. The van der Waals surface area contributed by atoms with Gasteiger partial charge in [-0.15, -0.1) is 0 Å². The van der Waals surface area contributed by atoms with Gasteiger partial charge >= 0.3 is 0 Å². The highest BCUT2D eigenvalue weighted by atomic mass is 35.5. The van der Waals surface area contributed by atoms with Gasteiger partial charge in [-0.1, -0.05) is 37.6 Å². The molecule has 1 unspecified atom stereocenters. The summed E-state index contributed by atoms with van der Waals surface area (Å²) in [5, 5.41) is 3.70. The van der Waals surface area contributed by atoms with Gasteiger partial charge in [-0.25, -0.2) is 0 Å². The molecule has 0 aliphatic carbocycles. The first-order chi connectivity index (χ1) is 7.99. The lowest BCUT2D eigenvalue weighted by Crippen LogP contribution is -2.26. The van der Waals surface area contributed by atoms with Gasteiger partial charge in [0.25, 0.3) is 0 Å². The van der Waals surface area contributed by atoms with Gasteiger partial charge in [0.05, 0.1) is 6.04 Å². The fraction of sp³-hybridized carbons (Fsp3) is 0.500. The molecule has 0 fully saturated rings. The van der Waals surface area contributed by atoms with Crippen LogP contribution < -0.4 is 5.32 Å². The SMILES string of the molecule is CC(C)CCC(=O)NC(C)c1ccc(Cl)cc1. The van der Waals surface area contributed by atoms with Crippen molar-refractivity contribution in [2.45, 2.75) is 39.7 Å². The lowest BCUT2D eigenvalue weighted by atomic mass is 10.1. The second-order valence-electron chi connectivity index (χ2n) is 4.77. The Morgan fingerprint density at radius 2 is 1.82 bits per heavy atom. The summed E-state index contributed by atoms with van der Waals surface area (Å²) < 4.78 is 0. The maximum Gasteiger partial charge on any atom is 0.220 e. The van der Waals surface area contributed by atoms with Crippen molar-refractivity contribution in [3.63, 3.8) is 0 Å². The summed E-state index contributed by atoms with van der Waals surface area (Å²) in [6.07, 6.45) is 1.52. The zero-order valence-electron chi connectivity index (χ0n) is 10.7. The Kier molecular flexibility index (Phi) is 5.49. The molecule has 1 rings (SSSR count). The molecule has 0 radical (unpaired) electrons. The number of rotatable bonds is 5. The molecule has 0 saturated heterocycles. The van der Waals surface area contributed by atoms with E-state index in [1.165, 1.54) is 0 Å². The summed E-state index contributed by atoms with van der Waals surface area (Å²) in [6.45, 7) is 6.22. The standard InChI is InChI=1S/C14H20ClNO/c1-10(2)4-9-14(17)16-11(3)12-5-7-13(15)8-6-12/h5-8,10-11H,4,9H2,1-3H3,(H,16,17). The van der Waals surface area contributed by atoms with Crippen LogP contribution in [0.1, 0.15) is 45.2 Å². The Morgan fingerprint density at radius 1 is 1.24 bits per heavy atom. The van der Waals surface area contributed by atoms with Crippen LogP contribution in [-0.4, -0.2) is 5.91 Å². The van der Waals surface area contributed by atoms with Crippen molar-refractivity contribution in [1.29, 1.82) is 0 Å². The van der Waals surface area contributed by atoms with E-state index in [1.54, 1.807) is 0 Å². The van der Waals surface area contributed by atoms with Crippen LogP contribution >= 0.6 is 11.6 Å². The van der Waals surface area contributed by atoms with E-state index >= 15 is 0 Å². The molecule has 0 spiro atoms. The molecule has 94 valence electrons. The number of carbonyl (C=O) groups is 1. The molecule has 17 heavy (non-hydrogen) atoms. The van der Waals surface area contributed by atoms with Crippen molar-refractivity contribution < 1.29 is 4.79 Å². The van der Waals surface area contributed by atoms with E-state index < -0.39 is 0 Å². The zero-order chi connectivity index (χ0) is 12.8. The Hall–Kier alpha value is -1.02. The average Bonchev–Trinajstić information content (AvgIpc) is 2.27. The molecule has 1 amide bonds. The van der Waals surface area contributed by atoms with Crippen molar-refractivity contribution in [2.75, 3.05) is 0 Å². The van der Waals surface area contributed by atoms with Crippen LogP contribution in [0.2, 0.25) is 5.02 Å². The van der Waals surface area contributed by atoms with Gasteiger partial charge in [0.1, 0.15) is 0 Å². The highest BCUT2D eigenvalue weighted by Crippen LogP contribution is 2.16. The molecule has 0 aliphatic rings. The quantitative estimate of drug-likeness (QED) is 0.846. The fourth-order valence-electron chi connectivity index (χ4n) is 1.57. The van der Waals surface area contributed by atoms with Gasteiger partial charge < -0.3 is 5.32 Å². The molecule has 0 aliphatic heterocycles. The summed E-state index contributed by atoms with van der Waals surface area (Å²) in [5.74, 6) is 0.674. The molecule has 0 bridgehead atoms. The summed E-state index contributed by atoms with van der Waals surface area (Å²) in [6, 6.07) is 7.60. The lowest BCUT2D eigenvalue weighted by molar-refractivity contribution is -0.122. The Balaban J connectivity index is 2.46. The summed E-state index contributed by atoms with van der Waals surface area (Å²) in [4.78, 5) is 11.7. The Labute approximate surface area is 108 Å². The van der Waals surface area contributed by atoms with E-state index in [4.69, 9.17) is 11.6 Å². The van der Waals surface area contributed by atoms with E-state index in [-0.39, 0.29) is 11.9 Å². The van der Waals surface area contributed by atoms with E-state index in [0.717, 1.165) is 12.0 Å². The topological polar surface area (TPSA) is 29.1 Å². The minimum absolute atomic E-state index is 0.0342. The molecule has 1 N–H and O–H groups in total. The van der Waals surface area contributed by atoms with Crippen LogP contribution in [0, 0.1) is 5.92 Å². The third-order valence-corrected chi connectivity index (χ3v) is 2.95. The molecule has 2 nitrogen and oxygen atoms in total. The fourth-order valence-corrected chi connectivity index (χ4v) is 1.69. The van der Waals surface area contributed by atoms with Crippen molar-refractivity contribution in [1.82, 2.24) is 5.32 Å². The van der Waals surface area contributed by atoms with E-state index in [9.17, 15) is 4.79 Å². The molecule has 0 aromatic heterocycles. The van der Waals surface area contributed by atoms with Gasteiger partial charge in [-0.3, -0.25) is 4.79 Å². The van der Waals surface area contributed by atoms with Crippen molar-refractivity contribution in [3.05, 3.63) is 34.9 Å². The van der Waals surface area contributed by atoms with Gasteiger partial charge in [-0.2, -0.15) is 0 Å². The number of benzene rings is 1. The number of halogens is 1. The minimum atomic E-state index is 0.0342. The van der Waals surface area contributed by atoms with Gasteiger partial charge in [0, 0.05) is 11.4 Å². The molecule has 1 atom stereocenters. The first-order valence-corrected chi connectivity index (χ1v) is 6.41. The number of nitrogens with one attached hydrogen (secondary N) is 1. The predicted molar refractivity (Wildman–Crippen MR) is 72.1 cm³/mol. The molecule has 3 heteroatoms. The molecule has 0 heterocycles. The lowest BCUT2D eigenvalue weighted by Gasteiger charge is -2.15. The highest BCUT2D eigenvalue weighted by Gasteiger charge is 2.09. The zero-order valence-corrected chi connectivity index (χ0v) is 11.4. The van der Waals surface area contributed by atoms with Gasteiger partial charge in [-0.05, 0) is 37.0 Å². The number of amides is 1. The second kappa shape index (κ2) is 6.65. The molecule has 1 aromatic rings. The minimum Gasteiger partial charge on any atom is -0.350 e. The number of hydrogen-bond donors (Lipinski definition) is 1. The first kappa shape index (κ1) is 14.0. The predicted octanol–water partition coefficient (Wildman–Crippen LogP) is 3.95. The number of hydrogen-bond acceptors (Lipinski definition) is 1. The van der Waals surface area contributed by atoms with E-state index in [2.05, 4.69) is 19.2 Å². The molecule has 1 aromatic carbocycles. The monoisotopic (exact) mass is 253 g/mol. The van der Waals surface area contributed by atoms with Crippen LogP contribution in [0.4, 0.5) is 0 Å². The first-order valence-electron chi connectivity index (χ1n) is 6.04. The molecular weight excluding hydrogens is 234 g/mol. The third kappa shape index (κ3) is 5.22.